The van der Waals surface area contributed by atoms with Crippen molar-refractivity contribution < 1.29 is 14.6 Å². The molecule has 2 atom stereocenters. The van der Waals surface area contributed by atoms with Crippen molar-refractivity contribution in [2.75, 3.05) is 5.32 Å². The Labute approximate surface area is 201 Å². The van der Waals surface area contributed by atoms with Crippen LogP contribution in [0.4, 0.5) is 17.1 Å². The van der Waals surface area contributed by atoms with Gasteiger partial charge in [0.15, 0.2) is 0 Å². The van der Waals surface area contributed by atoms with Crippen LogP contribution in [0.25, 0.3) is 11.0 Å². The van der Waals surface area contributed by atoms with E-state index in [1.807, 2.05) is 13.8 Å². The highest BCUT2D eigenvalue weighted by molar-refractivity contribution is 6.03. The minimum absolute atomic E-state index is 0.107. The SMILES string of the molecule is Cc1cc(C)c(NC(=O)C23CCC(C)(c4nc5ccc([N+](=O)[O-])cc5nc42)C3(C)C)c([N+](=O)[O-])c1. The van der Waals surface area contributed by atoms with Gasteiger partial charge < -0.3 is 5.32 Å². The van der Waals surface area contributed by atoms with Crippen molar-refractivity contribution in [2.45, 2.75) is 58.3 Å². The van der Waals surface area contributed by atoms with Crippen LogP contribution in [0, 0.1) is 39.5 Å². The molecule has 0 spiro atoms. The summed E-state index contributed by atoms with van der Waals surface area (Å²) in [5.74, 6) is -0.376. The number of fused-ring (bicyclic) bond motifs is 6. The Bertz CT molecular complexity index is 1480. The number of amides is 1. The standard InChI is InChI=1S/C25H25N5O5/c1-13-10-14(2)19(18(11-13)30(34)35)28-22(31)25-9-8-24(5,23(25,3)4)20-21(25)27-17-12-15(29(32)33)6-7-16(17)26-20/h6-7,10-12H,8-9H2,1-5H3,(H,28,31). The van der Waals surface area contributed by atoms with Gasteiger partial charge in [-0.3, -0.25) is 25.0 Å². The van der Waals surface area contributed by atoms with E-state index in [1.165, 1.54) is 18.2 Å². The van der Waals surface area contributed by atoms with Gasteiger partial charge in [0.05, 0.1) is 37.7 Å². The van der Waals surface area contributed by atoms with E-state index in [0.29, 0.717) is 40.8 Å². The van der Waals surface area contributed by atoms with E-state index in [4.69, 9.17) is 9.97 Å². The fraction of sp³-hybridized carbons (Fsp3) is 0.400. The molecule has 1 aromatic heterocycles. The fourth-order valence-corrected chi connectivity index (χ4v) is 6.18. The lowest BCUT2D eigenvalue weighted by Crippen LogP contribution is -2.48. The number of hydrogen-bond donors (Lipinski definition) is 1. The Morgan fingerprint density at radius 3 is 2.29 bits per heavy atom. The first kappa shape index (κ1) is 22.8. The van der Waals surface area contributed by atoms with Crippen LogP contribution in [0.15, 0.2) is 30.3 Å². The molecule has 2 bridgehead atoms. The number of rotatable bonds is 4. The number of nitrogens with zero attached hydrogens (tertiary/aromatic N) is 4. The van der Waals surface area contributed by atoms with Gasteiger partial charge >= 0.3 is 0 Å². The number of nitro groups is 2. The van der Waals surface area contributed by atoms with Gasteiger partial charge in [-0.15, -0.1) is 0 Å². The molecule has 0 radical (unpaired) electrons. The molecule has 35 heavy (non-hydrogen) atoms. The van der Waals surface area contributed by atoms with Gasteiger partial charge in [0.1, 0.15) is 5.69 Å². The van der Waals surface area contributed by atoms with Crippen LogP contribution in [-0.4, -0.2) is 25.7 Å². The molecule has 2 aliphatic carbocycles. The van der Waals surface area contributed by atoms with E-state index < -0.39 is 26.1 Å². The van der Waals surface area contributed by atoms with Gasteiger partial charge in [0.2, 0.25) is 5.91 Å². The number of anilines is 1. The van der Waals surface area contributed by atoms with Crippen LogP contribution in [-0.2, 0) is 15.6 Å². The Kier molecular flexibility index (Phi) is 4.59. The number of nitro benzene ring substituents is 2. The summed E-state index contributed by atoms with van der Waals surface area (Å²) in [7, 11) is 0. The highest BCUT2D eigenvalue weighted by Crippen LogP contribution is 2.70. The number of aryl methyl sites for hydroxylation is 2. The summed E-state index contributed by atoms with van der Waals surface area (Å²) >= 11 is 0. The van der Waals surface area contributed by atoms with E-state index >= 15 is 0 Å². The summed E-state index contributed by atoms with van der Waals surface area (Å²) in [6.45, 7) is 9.58. The molecule has 10 heteroatoms. The second-order valence-corrected chi connectivity index (χ2v) is 10.4. The van der Waals surface area contributed by atoms with Crippen molar-refractivity contribution in [2.24, 2.45) is 5.41 Å². The minimum atomic E-state index is -1.10. The number of non-ortho nitro benzene ring substituents is 1. The third-order valence-electron chi connectivity index (χ3n) is 8.51. The second kappa shape index (κ2) is 7.03. The number of aromatic nitrogens is 2. The molecule has 1 fully saturated rings. The smallest absolute Gasteiger partial charge is 0.293 e. The molecule has 2 unspecified atom stereocenters. The summed E-state index contributed by atoms with van der Waals surface area (Å²) in [6, 6.07) is 7.57. The zero-order valence-electron chi connectivity index (χ0n) is 20.1. The molecule has 3 aromatic rings. The summed E-state index contributed by atoms with van der Waals surface area (Å²) in [6.07, 6.45) is 1.19. The molecule has 1 saturated carbocycles. The van der Waals surface area contributed by atoms with Gasteiger partial charge in [-0.2, -0.15) is 0 Å². The lowest BCUT2D eigenvalue weighted by molar-refractivity contribution is -0.384. The quantitative estimate of drug-likeness (QED) is 0.412. The average Bonchev–Trinajstić information content (AvgIpc) is 3.08. The predicted octanol–water partition coefficient (Wildman–Crippen LogP) is 5.03. The van der Waals surface area contributed by atoms with Gasteiger partial charge in [-0.05, 0) is 49.3 Å². The van der Waals surface area contributed by atoms with Gasteiger partial charge in [-0.25, -0.2) is 9.97 Å². The monoisotopic (exact) mass is 475 g/mol. The van der Waals surface area contributed by atoms with Gasteiger partial charge in [0.25, 0.3) is 11.4 Å². The van der Waals surface area contributed by atoms with Crippen molar-refractivity contribution in [1.29, 1.82) is 0 Å². The van der Waals surface area contributed by atoms with Crippen molar-refractivity contribution in [3.8, 4) is 0 Å². The van der Waals surface area contributed by atoms with E-state index in [1.54, 1.807) is 26.0 Å². The van der Waals surface area contributed by atoms with E-state index in [0.717, 1.165) is 5.56 Å². The molecule has 5 rings (SSSR count). The van der Waals surface area contributed by atoms with Crippen LogP contribution >= 0.6 is 0 Å². The number of nitrogens with one attached hydrogen (secondary N) is 1. The Morgan fingerprint density at radius 1 is 0.943 bits per heavy atom. The van der Waals surface area contributed by atoms with Crippen LogP contribution < -0.4 is 5.32 Å². The number of carbonyl (C=O) groups is 1. The zero-order valence-corrected chi connectivity index (χ0v) is 20.1. The van der Waals surface area contributed by atoms with Crippen molar-refractivity contribution in [3.05, 3.63) is 73.1 Å². The number of hydrogen-bond acceptors (Lipinski definition) is 7. The Morgan fingerprint density at radius 2 is 1.63 bits per heavy atom. The van der Waals surface area contributed by atoms with E-state index in [9.17, 15) is 25.0 Å². The Balaban J connectivity index is 1.71. The third kappa shape index (κ3) is 2.79. The van der Waals surface area contributed by atoms with Crippen molar-refractivity contribution >= 4 is 34.0 Å². The first-order chi connectivity index (χ1) is 16.3. The first-order valence-electron chi connectivity index (χ1n) is 11.4. The lowest BCUT2D eigenvalue weighted by atomic mass is 9.63. The Hall–Kier alpha value is -3.95. The largest absolute Gasteiger partial charge is 0.319 e. The van der Waals surface area contributed by atoms with E-state index in [2.05, 4.69) is 12.2 Å². The van der Waals surface area contributed by atoms with Crippen LogP contribution in [0.1, 0.15) is 56.1 Å². The van der Waals surface area contributed by atoms with Crippen molar-refractivity contribution in [1.82, 2.24) is 9.97 Å². The summed E-state index contributed by atoms with van der Waals surface area (Å²) in [4.78, 5) is 45.9. The lowest BCUT2D eigenvalue weighted by Gasteiger charge is -2.39. The minimum Gasteiger partial charge on any atom is -0.319 e. The molecule has 2 aromatic carbocycles. The molecule has 1 amide bonds. The molecule has 1 heterocycles. The maximum absolute atomic E-state index is 14.1. The molecule has 0 saturated heterocycles. The molecular weight excluding hydrogens is 450 g/mol. The molecular formula is C25H25N5O5. The van der Waals surface area contributed by atoms with Crippen LogP contribution in [0.3, 0.4) is 0 Å². The second-order valence-electron chi connectivity index (χ2n) is 10.4. The van der Waals surface area contributed by atoms with Gasteiger partial charge in [0, 0.05) is 23.6 Å². The summed E-state index contributed by atoms with van der Waals surface area (Å²) in [5.41, 5.74) is 1.12. The highest BCUT2D eigenvalue weighted by Gasteiger charge is 2.73. The predicted molar refractivity (Wildman–Crippen MR) is 129 cm³/mol. The van der Waals surface area contributed by atoms with Gasteiger partial charge in [-0.1, -0.05) is 26.8 Å². The third-order valence-corrected chi connectivity index (χ3v) is 8.51. The highest BCUT2D eigenvalue weighted by atomic mass is 16.6. The fourth-order valence-electron chi connectivity index (χ4n) is 6.18. The summed E-state index contributed by atoms with van der Waals surface area (Å²) < 4.78 is 0. The first-order valence-corrected chi connectivity index (χ1v) is 11.4. The van der Waals surface area contributed by atoms with E-state index in [-0.39, 0.29) is 23.0 Å². The molecule has 10 nitrogen and oxygen atoms in total. The van der Waals surface area contributed by atoms with Crippen LogP contribution in [0.5, 0.6) is 0 Å². The zero-order chi connectivity index (χ0) is 25.5. The molecule has 0 aliphatic heterocycles. The number of benzene rings is 2. The van der Waals surface area contributed by atoms with Crippen LogP contribution in [0.2, 0.25) is 0 Å². The molecule has 1 N–H and O–H groups in total. The molecule has 2 aliphatic rings. The molecule has 180 valence electrons. The number of carbonyl (C=O) groups excluding carboxylic acids is 1. The average molecular weight is 476 g/mol. The maximum atomic E-state index is 14.1. The summed E-state index contributed by atoms with van der Waals surface area (Å²) in [5, 5.41) is 26.0. The van der Waals surface area contributed by atoms with Crippen molar-refractivity contribution in [3.63, 3.8) is 0 Å². The topological polar surface area (TPSA) is 141 Å². The maximum Gasteiger partial charge on any atom is 0.293 e. The normalized spacial score (nSPS) is 23.8.